The highest BCUT2D eigenvalue weighted by Crippen LogP contribution is 2.29. The number of nitrogens with zero attached hydrogens (tertiary/aromatic N) is 3. The van der Waals surface area contributed by atoms with E-state index in [4.69, 9.17) is 9.84 Å². The summed E-state index contributed by atoms with van der Waals surface area (Å²) in [5, 5.41) is 26.1. The molecule has 0 aliphatic heterocycles. The third-order valence-corrected chi connectivity index (χ3v) is 2.93. The number of nitro groups is 1. The van der Waals surface area contributed by atoms with E-state index >= 15 is 0 Å². The number of benzene rings is 1. The van der Waals surface area contributed by atoms with Crippen LogP contribution in [0, 0.1) is 10.1 Å². The largest absolute Gasteiger partial charge is 0.496 e. The number of carboxylic acid groups (broad SMARTS) is 1. The second-order valence-electron chi connectivity index (χ2n) is 4.46. The van der Waals surface area contributed by atoms with Gasteiger partial charge in [0, 0.05) is 13.2 Å². The highest BCUT2D eigenvalue weighted by atomic mass is 16.6. The van der Waals surface area contributed by atoms with Crippen LogP contribution in [0.1, 0.15) is 20.8 Å². The molecule has 0 spiro atoms. The molecule has 10 nitrogen and oxygen atoms in total. The summed E-state index contributed by atoms with van der Waals surface area (Å²) >= 11 is 0. The van der Waals surface area contributed by atoms with E-state index in [1.807, 2.05) is 0 Å². The van der Waals surface area contributed by atoms with Crippen LogP contribution in [0.5, 0.6) is 5.75 Å². The fraction of sp³-hybridized carbons (Fsp3) is 0.154. The summed E-state index contributed by atoms with van der Waals surface area (Å²) in [7, 11) is 2.81. The number of carbonyl (C=O) groups excluding carboxylic acids is 1. The third-order valence-electron chi connectivity index (χ3n) is 2.93. The van der Waals surface area contributed by atoms with Crippen LogP contribution >= 0.6 is 0 Å². The van der Waals surface area contributed by atoms with Crippen molar-refractivity contribution in [2.45, 2.75) is 0 Å². The quantitative estimate of drug-likeness (QED) is 0.625. The molecule has 0 aliphatic rings. The maximum atomic E-state index is 12.2. The minimum absolute atomic E-state index is 0.0824. The average Bonchev–Trinajstić information content (AvgIpc) is 2.89. The summed E-state index contributed by atoms with van der Waals surface area (Å²) in [4.78, 5) is 33.7. The van der Waals surface area contributed by atoms with Crippen molar-refractivity contribution >= 4 is 23.3 Å². The number of hydrogen-bond acceptors (Lipinski definition) is 6. The molecule has 2 rings (SSSR count). The van der Waals surface area contributed by atoms with Gasteiger partial charge in [-0.1, -0.05) is 0 Å². The molecule has 0 bridgehead atoms. The molecule has 1 heterocycles. The highest BCUT2D eigenvalue weighted by Gasteiger charge is 2.23. The molecule has 0 aliphatic carbocycles. The van der Waals surface area contributed by atoms with Gasteiger partial charge in [-0.3, -0.25) is 19.6 Å². The molecule has 0 saturated heterocycles. The van der Waals surface area contributed by atoms with Crippen molar-refractivity contribution in [3.63, 3.8) is 0 Å². The number of rotatable bonds is 5. The summed E-state index contributed by atoms with van der Waals surface area (Å²) in [6.07, 6.45) is 1.22. The molecular weight excluding hydrogens is 308 g/mol. The number of ether oxygens (including phenoxy) is 1. The Morgan fingerprint density at radius 2 is 2.13 bits per heavy atom. The number of carbonyl (C=O) groups is 2. The van der Waals surface area contributed by atoms with E-state index < -0.39 is 22.5 Å². The van der Waals surface area contributed by atoms with Crippen LogP contribution in [0.3, 0.4) is 0 Å². The first-order chi connectivity index (χ1) is 10.8. The van der Waals surface area contributed by atoms with Crippen molar-refractivity contribution in [2.75, 3.05) is 12.4 Å². The van der Waals surface area contributed by atoms with Crippen LogP contribution in [0.25, 0.3) is 0 Å². The second-order valence-corrected chi connectivity index (χ2v) is 4.46. The van der Waals surface area contributed by atoms with Crippen LogP contribution in [-0.2, 0) is 7.05 Å². The van der Waals surface area contributed by atoms with Gasteiger partial charge in [0.2, 0.25) is 0 Å². The summed E-state index contributed by atoms with van der Waals surface area (Å²) in [5.41, 5.74) is -1.11. The Bertz CT molecular complexity index is 798. The second kappa shape index (κ2) is 6.13. The van der Waals surface area contributed by atoms with Gasteiger partial charge in [0.25, 0.3) is 11.6 Å². The Labute approximate surface area is 129 Å². The average molecular weight is 320 g/mol. The number of carboxylic acids is 1. The zero-order valence-corrected chi connectivity index (χ0v) is 12.1. The first-order valence-electron chi connectivity index (χ1n) is 6.24. The number of nitro benzene ring substituents is 1. The lowest BCUT2D eigenvalue weighted by Crippen LogP contribution is -2.16. The van der Waals surface area contributed by atoms with Crippen molar-refractivity contribution in [3.8, 4) is 5.75 Å². The lowest BCUT2D eigenvalue weighted by atomic mass is 10.2. The Morgan fingerprint density at radius 3 is 2.70 bits per heavy atom. The topological polar surface area (TPSA) is 137 Å². The fourth-order valence-corrected chi connectivity index (χ4v) is 1.90. The van der Waals surface area contributed by atoms with E-state index in [1.165, 1.54) is 37.2 Å². The highest BCUT2D eigenvalue weighted by molar-refractivity contribution is 6.10. The minimum Gasteiger partial charge on any atom is -0.496 e. The van der Waals surface area contributed by atoms with Crippen molar-refractivity contribution in [3.05, 3.63) is 45.8 Å². The SMILES string of the molecule is COc1ccc(NC(=O)c2cn(C)nc2C(=O)O)c([N+](=O)[O-])c1. The van der Waals surface area contributed by atoms with E-state index in [9.17, 15) is 19.7 Å². The Hall–Kier alpha value is -3.43. The van der Waals surface area contributed by atoms with Crippen LogP contribution < -0.4 is 10.1 Å². The number of aryl methyl sites for hydroxylation is 1. The van der Waals surface area contributed by atoms with E-state index in [0.717, 1.165) is 6.07 Å². The maximum Gasteiger partial charge on any atom is 0.357 e. The van der Waals surface area contributed by atoms with Crippen molar-refractivity contribution in [2.24, 2.45) is 7.05 Å². The number of aromatic carboxylic acids is 1. The maximum absolute atomic E-state index is 12.2. The number of aromatic nitrogens is 2. The molecule has 2 aromatic rings. The van der Waals surface area contributed by atoms with Crippen molar-refractivity contribution in [1.29, 1.82) is 0 Å². The summed E-state index contributed by atoms with van der Waals surface area (Å²) in [5.74, 6) is -1.94. The van der Waals surface area contributed by atoms with Gasteiger partial charge in [-0.25, -0.2) is 4.79 Å². The van der Waals surface area contributed by atoms with Gasteiger partial charge >= 0.3 is 5.97 Å². The number of amides is 1. The predicted molar refractivity (Wildman–Crippen MR) is 77.8 cm³/mol. The molecule has 1 aromatic carbocycles. The zero-order valence-electron chi connectivity index (χ0n) is 12.1. The van der Waals surface area contributed by atoms with Crippen molar-refractivity contribution < 1.29 is 24.4 Å². The normalized spacial score (nSPS) is 10.2. The smallest absolute Gasteiger partial charge is 0.357 e. The van der Waals surface area contributed by atoms with Crippen molar-refractivity contribution in [1.82, 2.24) is 9.78 Å². The summed E-state index contributed by atoms with van der Waals surface area (Å²) in [6, 6.07) is 3.88. The third kappa shape index (κ3) is 3.26. The molecule has 0 fully saturated rings. The molecule has 0 radical (unpaired) electrons. The van der Waals surface area contributed by atoms with Crippen LogP contribution in [-0.4, -0.2) is 38.8 Å². The lowest BCUT2D eigenvalue weighted by Gasteiger charge is -2.07. The van der Waals surface area contributed by atoms with Gasteiger partial charge in [-0.05, 0) is 12.1 Å². The molecule has 10 heteroatoms. The Morgan fingerprint density at radius 1 is 1.43 bits per heavy atom. The number of anilines is 1. The molecule has 0 unspecified atom stereocenters. The van der Waals surface area contributed by atoms with Gasteiger partial charge in [-0.2, -0.15) is 5.10 Å². The van der Waals surface area contributed by atoms with Crippen LogP contribution in [0.4, 0.5) is 11.4 Å². The van der Waals surface area contributed by atoms with Crippen LogP contribution in [0.15, 0.2) is 24.4 Å². The lowest BCUT2D eigenvalue weighted by molar-refractivity contribution is -0.384. The fourth-order valence-electron chi connectivity index (χ4n) is 1.90. The molecule has 0 atom stereocenters. The van der Waals surface area contributed by atoms with E-state index in [1.54, 1.807) is 0 Å². The predicted octanol–water partition coefficient (Wildman–Crippen LogP) is 1.29. The van der Waals surface area contributed by atoms with E-state index in [-0.39, 0.29) is 22.7 Å². The van der Waals surface area contributed by atoms with Gasteiger partial charge in [0.1, 0.15) is 11.4 Å². The molecule has 2 N–H and O–H groups in total. The number of methoxy groups -OCH3 is 1. The number of hydrogen-bond donors (Lipinski definition) is 2. The molecule has 1 aromatic heterocycles. The zero-order chi connectivity index (χ0) is 17.1. The van der Waals surface area contributed by atoms with Crippen LogP contribution in [0.2, 0.25) is 0 Å². The van der Waals surface area contributed by atoms with E-state index in [2.05, 4.69) is 10.4 Å². The molecule has 120 valence electrons. The van der Waals surface area contributed by atoms with Gasteiger partial charge in [-0.15, -0.1) is 0 Å². The van der Waals surface area contributed by atoms with Gasteiger partial charge in [0.15, 0.2) is 5.69 Å². The molecule has 0 saturated carbocycles. The molecule has 23 heavy (non-hydrogen) atoms. The Kier molecular flexibility index (Phi) is 4.25. The standard InChI is InChI=1S/C13H12N4O6/c1-16-6-8(11(15-16)13(19)20)12(18)14-9-4-3-7(23-2)5-10(9)17(21)22/h3-6H,1-2H3,(H,14,18)(H,19,20). The molecular formula is C13H12N4O6. The first kappa shape index (κ1) is 15.9. The van der Waals surface area contributed by atoms with E-state index in [0.29, 0.717) is 0 Å². The van der Waals surface area contributed by atoms with Gasteiger partial charge in [0.05, 0.1) is 23.7 Å². The number of nitrogens with one attached hydrogen (secondary N) is 1. The first-order valence-corrected chi connectivity index (χ1v) is 6.24. The minimum atomic E-state index is -1.38. The summed E-state index contributed by atoms with van der Waals surface area (Å²) in [6.45, 7) is 0. The molecule has 1 amide bonds. The monoisotopic (exact) mass is 320 g/mol. The van der Waals surface area contributed by atoms with Gasteiger partial charge < -0.3 is 15.2 Å². The Balaban J connectivity index is 2.38. The summed E-state index contributed by atoms with van der Waals surface area (Å²) < 4.78 is 6.06.